The first-order valence-electron chi connectivity index (χ1n) is 3.94. The van der Waals surface area contributed by atoms with E-state index in [-0.39, 0.29) is 0 Å². The number of rotatable bonds is 4. The second-order valence-electron chi connectivity index (χ2n) is 3.11. The minimum Gasteiger partial charge on any atom is -0.214 e. The molecule has 0 aromatic heterocycles. The van der Waals surface area contributed by atoms with E-state index >= 15 is 0 Å². The number of nitriles is 1. The minimum absolute atomic E-state index is 0.494. The zero-order valence-electron chi connectivity index (χ0n) is 6.95. The van der Waals surface area contributed by atoms with Crippen LogP contribution in [-0.4, -0.2) is 20.2 Å². The van der Waals surface area contributed by atoms with Crippen LogP contribution in [0.5, 0.6) is 0 Å². The second-order valence-corrected chi connectivity index (χ2v) is 5.19. The van der Waals surface area contributed by atoms with Gasteiger partial charge in [0.2, 0.25) is 10.0 Å². The maximum Gasteiger partial charge on any atom is 0.227 e. The van der Waals surface area contributed by atoms with Crippen LogP contribution < -0.4 is 4.72 Å². The summed E-state index contributed by atoms with van der Waals surface area (Å²) in [5.41, 5.74) is 0. The van der Waals surface area contributed by atoms with Gasteiger partial charge < -0.3 is 0 Å². The van der Waals surface area contributed by atoms with E-state index in [1.165, 1.54) is 6.92 Å². The molecule has 1 aliphatic carbocycles. The molecule has 0 saturated heterocycles. The minimum atomic E-state index is -3.38. The number of sulfonamides is 1. The molecule has 0 aromatic rings. The van der Waals surface area contributed by atoms with Crippen LogP contribution in [0.25, 0.3) is 0 Å². The van der Waals surface area contributed by atoms with Crippen molar-refractivity contribution in [2.45, 2.75) is 25.0 Å². The maximum absolute atomic E-state index is 11.2. The van der Waals surface area contributed by atoms with E-state index in [0.29, 0.717) is 12.5 Å². The van der Waals surface area contributed by atoms with E-state index < -0.39 is 15.3 Å². The summed E-state index contributed by atoms with van der Waals surface area (Å²) < 4.78 is 24.7. The third kappa shape index (κ3) is 2.47. The highest BCUT2D eigenvalue weighted by Gasteiger charge is 2.26. The van der Waals surface area contributed by atoms with E-state index in [1.807, 2.05) is 0 Å². The van der Waals surface area contributed by atoms with Gasteiger partial charge in [0.05, 0.1) is 6.07 Å². The molecule has 1 unspecified atom stereocenters. The van der Waals surface area contributed by atoms with Crippen molar-refractivity contribution in [1.82, 2.24) is 4.72 Å². The summed E-state index contributed by atoms with van der Waals surface area (Å²) in [6, 6.07) is 1.70. The first kappa shape index (κ1) is 9.49. The topological polar surface area (TPSA) is 70.0 Å². The summed E-state index contributed by atoms with van der Waals surface area (Å²) >= 11 is 0. The van der Waals surface area contributed by atoms with Crippen molar-refractivity contribution in [1.29, 1.82) is 5.26 Å². The summed E-state index contributed by atoms with van der Waals surface area (Å²) in [4.78, 5) is 0. The van der Waals surface area contributed by atoms with E-state index in [4.69, 9.17) is 5.26 Å². The number of nitrogens with zero attached hydrogens (tertiary/aromatic N) is 1. The fourth-order valence-electron chi connectivity index (χ4n) is 0.750. The summed E-state index contributed by atoms with van der Waals surface area (Å²) in [5.74, 6) is 0.505. The maximum atomic E-state index is 11.2. The van der Waals surface area contributed by atoms with Crippen molar-refractivity contribution in [3.8, 4) is 6.07 Å². The fraction of sp³-hybridized carbons (Fsp3) is 0.857. The highest BCUT2D eigenvalue weighted by Crippen LogP contribution is 2.27. The Bertz CT molecular complexity index is 287. The van der Waals surface area contributed by atoms with Crippen molar-refractivity contribution < 1.29 is 8.42 Å². The van der Waals surface area contributed by atoms with Crippen LogP contribution in [0.4, 0.5) is 0 Å². The van der Waals surface area contributed by atoms with Gasteiger partial charge in [0.1, 0.15) is 0 Å². The Kier molecular flexibility index (Phi) is 2.70. The molecule has 0 aliphatic heterocycles. The highest BCUT2D eigenvalue weighted by atomic mass is 32.2. The molecular formula is C7H12N2O2S. The number of nitrogens with one attached hydrogen (secondary N) is 1. The highest BCUT2D eigenvalue weighted by molar-refractivity contribution is 7.90. The summed E-state index contributed by atoms with van der Waals surface area (Å²) in [7, 11) is -3.38. The standard InChI is InChI=1S/C7H12N2O2S/c1-6(4-8)12(10,11)9-5-7-2-3-7/h6-7,9H,2-3,5H2,1H3. The average molecular weight is 188 g/mol. The molecule has 68 valence electrons. The van der Waals surface area contributed by atoms with E-state index in [1.54, 1.807) is 6.07 Å². The molecule has 5 heteroatoms. The van der Waals surface area contributed by atoms with Gasteiger partial charge in [-0.15, -0.1) is 0 Å². The Hall–Kier alpha value is -0.600. The Morgan fingerprint density at radius 2 is 2.25 bits per heavy atom. The fourth-order valence-corrected chi connectivity index (χ4v) is 1.61. The Morgan fingerprint density at radius 1 is 1.67 bits per heavy atom. The molecule has 12 heavy (non-hydrogen) atoms. The molecule has 1 N–H and O–H groups in total. The quantitative estimate of drug-likeness (QED) is 0.686. The molecule has 4 nitrogen and oxygen atoms in total. The molecule has 1 rings (SSSR count). The Morgan fingerprint density at radius 3 is 2.67 bits per heavy atom. The Labute approximate surface area is 72.6 Å². The van der Waals surface area contributed by atoms with Crippen molar-refractivity contribution in [3.63, 3.8) is 0 Å². The van der Waals surface area contributed by atoms with Crippen LogP contribution in [0.15, 0.2) is 0 Å². The molecule has 0 heterocycles. The molecule has 0 radical (unpaired) electrons. The van der Waals surface area contributed by atoms with E-state index in [2.05, 4.69) is 4.72 Å². The number of hydrogen-bond donors (Lipinski definition) is 1. The third-order valence-corrected chi connectivity index (χ3v) is 3.52. The van der Waals surface area contributed by atoms with Gasteiger partial charge in [0, 0.05) is 6.54 Å². The van der Waals surface area contributed by atoms with E-state index in [0.717, 1.165) is 12.8 Å². The molecule has 1 saturated carbocycles. The average Bonchev–Trinajstić information content (AvgIpc) is 2.82. The van der Waals surface area contributed by atoms with Crippen LogP contribution in [0, 0.1) is 17.2 Å². The largest absolute Gasteiger partial charge is 0.227 e. The van der Waals surface area contributed by atoms with Crippen LogP contribution in [0.1, 0.15) is 19.8 Å². The SMILES string of the molecule is CC(C#N)S(=O)(=O)NCC1CC1. The molecule has 1 atom stereocenters. The van der Waals surface area contributed by atoms with Gasteiger partial charge in [-0.05, 0) is 25.7 Å². The third-order valence-electron chi connectivity index (χ3n) is 1.92. The summed E-state index contributed by atoms with van der Waals surface area (Å²) in [6.45, 7) is 1.88. The van der Waals surface area contributed by atoms with Gasteiger partial charge in [-0.25, -0.2) is 13.1 Å². The normalized spacial score (nSPS) is 20.0. The lowest BCUT2D eigenvalue weighted by molar-refractivity contribution is 0.573. The van der Waals surface area contributed by atoms with Crippen molar-refractivity contribution in [3.05, 3.63) is 0 Å². The van der Waals surface area contributed by atoms with Gasteiger partial charge >= 0.3 is 0 Å². The Balaban J connectivity index is 2.42. The lowest BCUT2D eigenvalue weighted by Crippen LogP contribution is -2.33. The zero-order valence-corrected chi connectivity index (χ0v) is 7.76. The van der Waals surface area contributed by atoms with Crippen LogP contribution in [-0.2, 0) is 10.0 Å². The molecule has 1 aliphatic rings. The number of hydrogen-bond acceptors (Lipinski definition) is 3. The smallest absolute Gasteiger partial charge is 0.214 e. The first-order chi connectivity index (χ1) is 5.56. The lowest BCUT2D eigenvalue weighted by atomic mass is 10.4. The van der Waals surface area contributed by atoms with Gasteiger partial charge in [-0.1, -0.05) is 0 Å². The zero-order chi connectivity index (χ0) is 9.19. The van der Waals surface area contributed by atoms with Crippen LogP contribution in [0.3, 0.4) is 0 Å². The molecule has 0 aromatic carbocycles. The molecule has 1 fully saturated rings. The van der Waals surface area contributed by atoms with Gasteiger partial charge in [-0.2, -0.15) is 5.26 Å². The van der Waals surface area contributed by atoms with Crippen molar-refractivity contribution in [2.75, 3.05) is 6.54 Å². The molecule has 0 bridgehead atoms. The van der Waals surface area contributed by atoms with Crippen LogP contribution >= 0.6 is 0 Å². The molecular weight excluding hydrogens is 176 g/mol. The predicted molar refractivity (Wildman–Crippen MR) is 44.7 cm³/mol. The lowest BCUT2D eigenvalue weighted by Gasteiger charge is -2.05. The van der Waals surface area contributed by atoms with E-state index in [9.17, 15) is 8.42 Å². The van der Waals surface area contributed by atoms with Gasteiger partial charge in [0.25, 0.3) is 0 Å². The summed E-state index contributed by atoms with van der Waals surface area (Å²) in [5, 5.41) is 7.43. The molecule has 0 amide bonds. The predicted octanol–water partition coefficient (Wildman–Crippen LogP) is 0.228. The monoisotopic (exact) mass is 188 g/mol. The van der Waals surface area contributed by atoms with Crippen LogP contribution in [0.2, 0.25) is 0 Å². The first-order valence-corrected chi connectivity index (χ1v) is 5.49. The summed E-state index contributed by atoms with van der Waals surface area (Å²) in [6.07, 6.45) is 2.20. The van der Waals surface area contributed by atoms with Gasteiger partial charge in [0.15, 0.2) is 5.25 Å². The van der Waals surface area contributed by atoms with Gasteiger partial charge in [-0.3, -0.25) is 0 Å². The van der Waals surface area contributed by atoms with Crippen molar-refractivity contribution in [2.24, 2.45) is 5.92 Å². The van der Waals surface area contributed by atoms with Crippen molar-refractivity contribution >= 4 is 10.0 Å². The molecule has 0 spiro atoms. The second kappa shape index (κ2) is 3.42.